The van der Waals surface area contributed by atoms with Gasteiger partial charge in [-0.1, -0.05) is 30.3 Å². The van der Waals surface area contributed by atoms with E-state index in [1.165, 1.54) is 16.6 Å². The average Bonchev–Trinajstić information content (AvgIpc) is 3.39. The second-order valence-electron chi connectivity index (χ2n) is 6.87. The Balaban J connectivity index is 1.40. The molecular weight excluding hydrogens is 386 g/mol. The molecule has 28 heavy (non-hydrogen) atoms. The van der Waals surface area contributed by atoms with E-state index in [1.54, 1.807) is 23.1 Å². The molecule has 2 aromatic heterocycles. The van der Waals surface area contributed by atoms with Gasteiger partial charge in [-0.05, 0) is 18.2 Å². The van der Waals surface area contributed by atoms with Crippen molar-refractivity contribution in [2.24, 2.45) is 0 Å². The molecule has 0 saturated heterocycles. The van der Waals surface area contributed by atoms with Crippen molar-refractivity contribution in [2.75, 3.05) is 6.54 Å². The highest BCUT2D eigenvalue weighted by Gasteiger charge is 2.26. The van der Waals surface area contributed by atoms with Gasteiger partial charge in [-0.15, -0.1) is 23.1 Å². The van der Waals surface area contributed by atoms with Crippen molar-refractivity contribution in [3.63, 3.8) is 0 Å². The third-order valence-electron chi connectivity index (χ3n) is 5.15. The summed E-state index contributed by atoms with van der Waals surface area (Å²) in [5.41, 5.74) is 7.35. The maximum Gasteiger partial charge on any atom is 0.255 e. The first kappa shape index (κ1) is 17.5. The molecule has 1 aliphatic rings. The van der Waals surface area contributed by atoms with E-state index in [0.29, 0.717) is 6.54 Å². The molecule has 3 heterocycles. The summed E-state index contributed by atoms with van der Waals surface area (Å²) in [4.78, 5) is 24.2. The van der Waals surface area contributed by atoms with Gasteiger partial charge in [0.1, 0.15) is 0 Å². The molecule has 4 aromatic rings. The molecule has 1 aliphatic heterocycles. The first-order valence-electron chi connectivity index (χ1n) is 9.26. The van der Waals surface area contributed by atoms with E-state index in [0.717, 1.165) is 40.4 Å². The van der Waals surface area contributed by atoms with E-state index < -0.39 is 0 Å². The number of hydrogen-bond acceptors (Lipinski definition) is 4. The molecule has 0 saturated carbocycles. The molecule has 0 bridgehead atoms. The molecule has 4 nitrogen and oxygen atoms in total. The van der Waals surface area contributed by atoms with Crippen molar-refractivity contribution < 1.29 is 4.79 Å². The first-order valence-corrected chi connectivity index (χ1v) is 11.2. The average molecular weight is 406 g/mol. The van der Waals surface area contributed by atoms with Crippen LogP contribution >= 0.6 is 23.1 Å². The Morgan fingerprint density at radius 1 is 1.18 bits per heavy atom. The van der Waals surface area contributed by atoms with Crippen LogP contribution < -0.4 is 0 Å². The summed E-state index contributed by atoms with van der Waals surface area (Å²) >= 11 is 3.28. The van der Waals surface area contributed by atoms with Gasteiger partial charge in [0, 0.05) is 57.7 Å². The molecule has 0 radical (unpaired) electrons. The zero-order valence-corrected chi connectivity index (χ0v) is 16.9. The summed E-state index contributed by atoms with van der Waals surface area (Å²) in [6, 6.07) is 16.3. The number of hydrogen-bond donors (Lipinski definition) is 1. The minimum atomic E-state index is 0.109. The lowest BCUT2D eigenvalue weighted by molar-refractivity contribution is 0.0731. The number of thioether (sulfide) groups is 1. The summed E-state index contributed by atoms with van der Waals surface area (Å²) in [6.45, 7) is 1.40. The van der Waals surface area contributed by atoms with Crippen LogP contribution in [0.15, 0.2) is 64.3 Å². The number of amides is 1. The number of carbonyl (C=O) groups is 1. The highest BCUT2D eigenvalue weighted by Crippen LogP contribution is 2.31. The predicted molar refractivity (Wildman–Crippen MR) is 115 cm³/mol. The molecule has 0 spiro atoms. The van der Waals surface area contributed by atoms with E-state index in [-0.39, 0.29) is 5.91 Å². The topological polar surface area (TPSA) is 49.0 Å². The number of benzene rings is 2. The van der Waals surface area contributed by atoms with Crippen molar-refractivity contribution in [3.05, 3.63) is 81.9 Å². The zero-order chi connectivity index (χ0) is 18.9. The Morgan fingerprint density at radius 3 is 2.93 bits per heavy atom. The Morgan fingerprint density at radius 2 is 2.04 bits per heavy atom. The zero-order valence-electron chi connectivity index (χ0n) is 15.2. The van der Waals surface area contributed by atoms with Gasteiger partial charge >= 0.3 is 0 Å². The number of nitrogens with one attached hydrogen (secondary N) is 1. The molecule has 2 aromatic carbocycles. The first-order chi connectivity index (χ1) is 13.8. The van der Waals surface area contributed by atoms with Crippen LogP contribution in [0.2, 0.25) is 0 Å². The van der Waals surface area contributed by atoms with Gasteiger partial charge in [-0.2, -0.15) is 0 Å². The number of H-pyrrole nitrogens is 1. The summed E-state index contributed by atoms with van der Waals surface area (Å²) < 4.78 is 0. The third-order valence-corrected chi connectivity index (χ3v) is 6.89. The fourth-order valence-corrected chi connectivity index (χ4v) is 5.35. The number of nitrogens with zero attached hydrogens (tertiary/aromatic N) is 2. The largest absolute Gasteiger partial charge is 0.358 e. The van der Waals surface area contributed by atoms with Crippen LogP contribution in [0.3, 0.4) is 0 Å². The number of rotatable bonds is 4. The summed E-state index contributed by atoms with van der Waals surface area (Å²) in [5.74, 6) is 0.887. The van der Waals surface area contributed by atoms with Crippen LogP contribution in [0.1, 0.15) is 27.3 Å². The van der Waals surface area contributed by atoms with E-state index in [4.69, 9.17) is 0 Å². The van der Waals surface area contributed by atoms with Crippen LogP contribution in [-0.4, -0.2) is 27.3 Å². The summed E-state index contributed by atoms with van der Waals surface area (Å²) in [7, 11) is 0. The lowest BCUT2D eigenvalue weighted by Gasteiger charge is -2.28. The highest BCUT2D eigenvalue weighted by atomic mass is 32.2. The third kappa shape index (κ3) is 3.23. The van der Waals surface area contributed by atoms with E-state index in [2.05, 4.69) is 33.5 Å². The van der Waals surface area contributed by atoms with E-state index in [1.807, 2.05) is 40.7 Å². The number of para-hydroxylation sites is 1. The number of aromatic amines is 1. The molecule has 0 unspecified atom stereocenters. The van der Waals surface area contributed by atoms with E-state index >= 15 is 0 Å². The van der Waals surface area contributed by atoms with Crippen molar-refractivity contribution in [1.29, 1.82) is 0 Å². The molecule has 0 aliphatic carbocycles. The number of fused-ring (bicyclic) bond motifs is 3. The van der Waals surface area contributed by atoms with Gasteiger partial charge in [0.25, 0.3) is 5.91 Å². The fourth-order valence-electron chi connectivity index (χ4n) is 3.74. The molecule has 1 amide bonds. The fraction of sp³-hybridized carbons (Fsp3) is 0.182. The van der Waals surface area contributed by atoms with Crippen LogP contribution in [-0.2, 0) is 18.7 Å². The van der Waals surface area contributed by atoms with Crippen LogP contribution in [0.25, 0.3) is 10.9 Å². The molecule has 6 heteroatoms. The second-order valence-corrected chi connectivity index (χ2v) is 8.60. The maximum atomic E-state index is 13.3. The van der Waals surface area contributed by atoms with Gasteiger partial charge in [-0.25, -0.2) is 4.98 Å². The molecule has 5 rings (SSSR count). The molecule has 0 atom stereocenters. The Bertz CT molecular complexity index is 1130. The number of carbonyl (C=O) groups excluding carboxylic acids is 1. The second kappa shape index (κ2) is 7.45. The van der Waals surface area contributed by atoms with Crippen LogP contribution in [0.5, 0.6) is 0 Å². The normalized spacial score (nSPS) is 13.6. The monoisotopic (exact) mass is 405 g/mol. The molecule has 0 fully saturated rings. The predicted octanol–water partition coefficient (Wildman–Crippen LogP) is 5.12. The van der Waals surface area contributed by atoms with Gasteiger partial charge in [0.05, 0.1) is 16.8 Å². The molecular formula is C22H19N3OS2. The maximum absolute atomic E-state index is 13.3. The van der Waals surface area contributed by atoms with Gasteiger partial charge in [0.2, 0.25) is 0 Å². The van der Waals surface area contributed by atoms with Gasteiger partial charge < -0.3 is 9.88 Å². The van der Waals surface area contributed by atoms with E-state index in [9.17, 15) is 4.79 Å². The Labute approximate surface area is 171 Å². The number of thiazole rings is 1. The van der Waals surface area contributed by atoms with Crippen LogP contribution in [0, 0.1) is 0 Å². The summed E-state index contributed by atoms with van der Waals surface area (Å²) in [5, 5.41) is 3.28. The number of aromatic nitrogens is 2. The van der Waals surface area contributed by atoms with Gasteiger partial charge in [-0.3, -0.25) is 4.79 Å². The Hall–Kier alpha value is -2.57. The molecule has 1 N–H and O–H groups in total. The highest BCUT2D eigenvalue weighted by molar-refractivity contribution is 7.98. The smallest absolute Gasteiger partial charge is 0.255 e. The van der Waals surface area contributed by atoms with Crippen LogP contribution in [0.4, 0.5) is 0 Å². The minimum Gasteiger partial charge on any atom is -0.358 e. The minimum absolute atomic E-state index is 0.109. The SMILES string of the molecule is O=C(c1ccccc1SCc1cscn1)N1CCc2[nH]c3ccccc3c2C1. The lowest BCUT2D eigenvalue weighted by Crippen LogP contribution is -2.36. The Kier molecular flexibility index (Phi) is 4.66. The molecule has 140 valence electrons. The van der Waals surface area contributed by atoms with Crippen molar-refractivity contribution in [1.82, 2.24) is 14.9 Å². The summed E-state index contributed by atoms with van der Waals surface area (Å²) in [6.07, 6.45) is 0.865. The van der Waals surface area contributed by atoms with Gasteiger partial charge in [0.15, 0.2) is 0 Å². The van der Waals surface area contributed by atoms with Crippen molar-refractivity contribution >= 4 is 39.9 Å². The lowest BCUT2D eigenvalue weighted by atomic mass is 10.0. The van der Waals surface area contributed by atoms with Crippen molar-refractivity contribution in [2.45, 2.75) is 23.6 Å². The standard InChI is InChI=1S/C22H19N3OS2/c26-22(17-6-2-4-8-21(17)28-13-15-12-27-14-23-15)25-10-9-20-18(11-25)16-5-1-3-7-19(16)24-20/h1-8,12,14,24H,9-11,13H2. The van der Waals surface area contributed by atoms with Crippen molar-refractivity contribution in [3.8, 4) is 0 Å². The quantitative estimate of drug-likeness (QED) is 0.480.